The highest BCUT2D eigenvalue weighted by Crippen LogP contribution is 2.26. The Labute approximate surface area is 181 Å². The predicted molar refractivity (Wildman–Crippen MR) is 116 cm³/mol. The first-order valence-electron chi connectivity index (χ1n) is 8.49. The van der Waals surface area contributed by atoms with Crippen LogP contribution in [0.4, 0.5) is 5.69 Å². The van der Waals surface area contributed by atoms with E-state index in [9.17, 15) is 23.4 Å². The maximum atomic E-state index is 12.4. The second kappa shape index (κ2) is 8.97. The van der Waals surface area contributed by atoms with E-state index in [2.05, 4.69) is 31.2 Å². The molecule has 0 aromatic heterocycles. The van der Waals surface area contributed by atoms with Crippen molar-refractivity contribution in [1.82, 2.24) is 5.43 Å². The average molecular weight is 490 g/mol. The molecule has 1 amide bonds. The van der Waals surface area contributed by atoms with E-state index in [1.54, 1.807) is 12.1 Å². The SMILES string of the molecule is O=C(NN=Cc1cccc(O)c1O)c1ccc(NS(=O)(=O)c2ccc(Br)cc2)cc1. The molecule has 0 aliphatic carbocycles. The zero-order valence-electron chi connectivity index (χ0n) is 15.3. The quantitative estimate of drug-likeness (QED) is 0.239. The number of carbonyl (C=O) groups is 1. The lowest BCUT2D eigenvalue weighted by atomic mass is 10.2. The molecule has 30 heavy (non-hydrogen) atoms. The third-order valence-corrected chi connectivity index (χ3v) is 5.86. The van der Waals surface area contributed by atoms with Crippen LogP contribution < -0.4 is 10.1 Å². The van der Waals surface area contributed by atoms with Gasteiger partial charge < -0.3 is 10.2 Å². The molecule has 0 unspecified atom stereocenters. The molecule has 154 valence electrons. The molecule has 3 rings (SSSR count). The molecule has 0 heterocycles. The third-order valence-electron chi connectivity index (χ3n) is 3.94. The summed E-state index contributed by atoms with van der Waals surface area (Å²) in [4.78, 5) is 12.3. The van der Waals surface area contributed by atoms with Crippen molar-refractivity contribution < 1.29 is 23.4 Å². The van der Waals surface area contributed by atoms with Gasteiger partial charge in [0.05, 0.1) is 11.1 Å². The lowest BCUT2D eigenvalue weighted by Gasteiger charge is -2.09. The van der Waals surface area contributed by atoms with Gasteiger partial charge in [-0.2, -0.15) is 5.10 Å². The molecule has 0 saturated carbocycles. The van der Waals surface area contributed by atoms with Crippen molar-refractivity contribution in [2.24, 2.45) is 5.10 Å². The monoisotopic (exact) mass is 489 g/mol. The third kappa shape index (κ3) is 5.16. The lowest BCUT2D eigenvalue weighted by Crippen LogP contribution is -2.18. The molecular weight excluding hydrogens is 474 g/mol. The van der Waals surface area contributed by atoms with Gasteiger partial charge in [-0.15, -0.1) is 0 Å². The van der Waals surface area contributed by atoms with Gasteiger partial charge in [0.25, 0.3) is 15.9 Å². The van der Waals surface area contributed by atoms with Crippen LogP contribution in [0, 0.1) is 0 Å². The van der Waals surface area contributed by atoms with Crippen molar-refractivity contribution in [2.45, 2.75) is 4.90 Å². The van der Waals surface area contributed by atoms with Crippen molar-refractivity contribution in [3.8, 4) is 11.5 Å². The first-order valence-corrected chi connectivity index (χ1v) is 10.8. The Bertz CT molecular complexity index is 1190. The first-order chi connectivity index (χ1) is 14.3. The van der Waals surface area contributed by atoms with Crippen LogP contribution in [0.25, 0.3) is 0 Å². The molecule has 3 aromatic carbocycles. The molecule has 0 spiro atoms. The van der Waals surface area contributed by atoms with E-state index in [1.165, 1.54) is 60.8 Å². The highest BCUT2D eigenvalue weighted by molar-refractivity contribution is 9.10. The number of aromatic hydroxyl groups is 2. The number of hydrazone groups is 1. The van der Waals surface area contributed by atoms with Gasteiger partial charge in [-0.1, -0.05) is 22.0 Å². The highest BCUT2D eigenvalue weighted by atomic mass is 79.9. The number of hydrogen-bond acceptors (Lipinski definition) is 6. The van der Waals surface area contributed by atoms with E-state index in [4.69, 9.17) is 0 Å². The molecular formula is C20H16BrN3O5S. The fourth-order valence-electron chi connectivity index (χ4n) is 2.40. The van der Waals surface area contributed by atoms with Crippen LogP contribution in [0.2, 0.25) is 0 Å². The number of amides is 1. The summed E-state index contributed by atoms with van der Waals surface area (Å²) in [6, 6.07) is 16.3. The van der Waals surface area contributed by atoms with Crippen LogP contribution in [0.1, 0.15) is 15.9 Å². The van der Waals surface area contributed by atoms with E-state index in [0.29, 0.717) is 5.69 Å². The van der Waals surface area contributed by atoms with Gasteiger partial charge in [-0.3, -0.25) is 9.52 Å². The highest BCUT2D eigenvalue weighted by Gasteiger charge is 2.14. The maximum absolute atomic E-state index is 12.4. The number of para-hydroxylation sites is 1. The van der Waals surface area contributed by atoms with Crippen molar-refractivity contribution in [3.05, 3.63) is 82.3 Å². The second-order valence-corrected chi connectivity index (χ2v) is 8.65. The van der Waals surface area contributed by atoms with E-state index in [0.717, 1.165) is 4.47 Å². The van der Waals surface area contributed by atoms with Gasteiger partial charge in [0.15, 0.2) is 11.5 Å². The van der Waals surface area contributed by atoms with Crippen LogP contribution in [0.15, 0.2) is 81.2 Å². The van der Waals surface area contributed by atoms with Crippen molar-refractivity contribution in [3.63, 3.8) is 0 Å². The Balaban J connectivity index is 1.65. The van der Waals surface area contributed by atoms with Gasteiger partial charge in [0, 0.05) is 21.3 Å². The Morgan fingerprint density at radius 1 is 0.967 bits per heavy atom. The number of rotatable bonds is 6. The molecule has 4 N–H and O–H groups in total. The van der Waals surface area contributed by atoms with E-state index < -0.39 is 15.9 Å². The predicted octanol–water partition coefficient (Wildman–Crippen LogP) is 3.43. The summed E-state index contributed by atoms with van der Waals surface area (Å²) in [6.07, 6.45) is 1.19. The number of nitrogens with zero attached hydrogens (tertiary/aromatic N) is 1. The molecule has 8 nitrogen and oxygen atoms in total. The molecule has 0 radical (unpaired) electrons. The van der Waals surface area contributed by atoms with Crippen molar-refractivity contribution >= 4 is 43.8 Å². The van der Waals surface area contributed by atoms with Gasteiger partial charge in [-0.25, -0.2) is 13.8 Å². The minimum atomic E-state index is -3.75. The Hall–Kier alpha value is -3.37. The summed E-state index contributed by atoms with van der Waals surface area (Å²) in [7, 11) is -3.75. The molecule has 0 fully saturated rings. The number of hydrogen-bond donors (Lipinski definition) is 4. The zero-order valence-corrected chi connectivity index (χ0v) is 17.7. The summed E-state index contributed by atoms with van der Waals surface area (Å²) >= 11 is 3.25. The van der Waals surface area contributed by atoms with Gasteiger partial charge in [0.1, 0.15) is 0 Å². The van der Waals surface area contributed by atoms with Gasteiger partial charge >= 0.3 is 0 Å². The number of carbonyl (C=O) groups excluding carboxylic acids is 1. The smallest absolute Gasteiger partial charge is 0.271 e. The van der Waals surface area contributed by atoms with Crippen molar-refractivity contribution in [1.29, 1.82) is 0 Å². The van der Waals surface area contributed by atoms with Crippen LogP contribution in [-0.2, 0) is 10.0 Å². The summed E-state index contributed by atoms with van der Waals surface area (Å²) < 4.78 is 28.0. The van der Waals surface area contributed by atoms with E-state index in [1.807, 2.05) is 0 Å². The summed E-state index contributed by atoms with van der Waals surface area (Å²) in [5.41, 5.74) is 3.06. The van der Waals surface area contributed by atoms with E-state index >= 15 is 0 Å². The topological polar surface area (TPSA) is 128 Å². The number of nitrogens with one attached hydrogen (secondary N) is 2. The molecule has 0 saturated heterocycles. The van der Waals surface area contributed by atoms with Crippen LogP contribution >= 0.6 is 15.9 Å². The van der Waals surface area contributed by atoms with E-state index in [-0.39, 0.29) is 27.5 Å². The number of phenolic OH excluding ortho intramolecular Hbond substituents is 2. The minimum absolute atomic E-state index is 0.108. The maximum Gasteiger partial charge on any atom is 0.271 e. The molecule has 0 aliphatic rings. The van der Waals surface area contributed by atoms with Gasteiger partial charge in [-0.05, 0) is 60.7 Å². The minimum Gasteiger partial charge on any atom is -0.504 e. The number of anilines is 1. The molecule has 0 atom stereocenters. The summed E-state index contributed by atoms with van der Waals surface area (Å²) in [5, 5.41) is 22.9. The normalized spacial score (nSPS) is 11.4. The fourth-order valence-corrected chi connectivity index (χ4v) is 3.72. The van der Waals surface area contributed by atoms with Crippen LogP contribution in [-0.4, -0.2) is 30.8 Å². The van der Waals surface area contributed by atoms with Crippen molar-refractivity contribution in [2.75, 3.05) is 4.72 Å². The Morgan fingerprint density at radius 2 is 1.63 bits per heavy atom. The standard InChI is InChI=1S/C20H16BrN3O5S/c21-15-6-10-17(11-7-15)30(28,29)24-16-8-4-13(5-9-16)20(27)23-22-12-14-2-1-3-18(25)19(14)26/h1-12,24-26H,(H,23,27). The Morgan fingerprint density at radius 3 is 2.30 bits per heavy atom. The molecule has 3 aromatic rings. The Kier molecular flexibility index (Phi) is 6.38. The first kappa shape index (κ1) is 21.3. The van der Waals surface area contributed by atoms with Gasteiger partial charge in [0.2, 0.25) is 0 Å². The molecule has 0 aliphatic heterocycles. The van der Waals surface area contributed by atoms with Crippen LogP contribution in [0.5, 0.6) is 11.5 Å². The number of phenols is 2. The summed E-state index contributed by atoms with van der Waals surface area (Å²) in [6.45, 7) is 0. The molecule has 0 bridgehead atoms. The number of halogens is 1. The largest absolute Gasteiger partial charge is 0.504 e. The second-order valence-electron chi connectivity index (χ2n) is 6.05. The number of benzene rings is 3. The molecule has 10 heteroatoms. The average Bonchev–Trinajstić information content (AvgIpc) is 2.71. The lowest BCUT2D eigenvalue weighted by molar-refractivity contribution is 0.0955. The zero-order chi connectivity index (χ0) is 21.7. The number of sulfonamides is 1. The fraction of sp³-hybridized carbons (Fsp3) is 0. The van der Waals surface area contributed by atoms with Crippen LogP contribution in [0.3, 0.4) is 0 Å². The summed E-state index contributed by atoms with van der Waals surface area (Å²) in [5.74, 6) is -1.18.